The summed E-state index contributed by atoms with van der Waals surface area (Å²) < 4.78 is 29.4. The van der Waals surface area contributed by atoms with Crippen molar-refractivity contribution in [2.24, 2.45) is 0 Å². The van der Waals surface area contributed by atoms with Crippen molar-refractivity contribution in [1.82, 2.24) is 19.8 Å². The molecule has 1 aliphatic heterocycles. The maximum absolute atomic E-state index is 14.7. The number of benzene rings is 2. The second-order valence-corrected chi connectivity index (χ2v) is 10.3. The van der Waals surface area contributed by atoms with E-state index >= 15 is 0 Å². The number of para-hydroxylation sites is 1. The number of nitrogens with zero attached hydrogens (tertiary/aromatic N) is 5. The average molecular weight is 590 g/mol. The molecule has 0 spiro atoms. The summed E-state index contributed by atoms with van der Waals surface area (Å²) in [4.78, 5) is 15.1. The Morgan fingerprint density at radius 3 is 2.12 bits per heavy atom. The van der Waals surface area contributed by atoms with Gasteiger partial charge in [0.2, 0.25) is 0 Å². The summed E-state index contributed by atoms with van der Waals surface area (Å²) in [5.41, 5.74) is 5.30. The predicted octanol–water partition coefficient (Wildman–Crippen LogP) is 9.40. The first-order chi connectivity index (χ1) is 20.5. The Kier molecular flexibility index (Phi) is 13.7. The standard InChI is InChI=1S/C26H24F2N4.C8H19N.C2H6/c1-15-10-12-19(17(3)31(5)6)14-21(15)24-20-13-11-16(2)32(26(20)30-18(4)29-24)25-22(27)8-7-9-23(25)28;1-4-7-8-9(5-2)6-3;1-2/h7-14H,2-3H2,1,4-6H3;4-8H2,1-3H3;1-2H3. The first-order valence-corrected chi connectivity index (χ1v) is 15.2. The number of aromatic nitrogens is 2. The van der Waals surface area contributed by atoms with Crippen molar-refractivity contribution >= 4 is 23.3 Å². The molecule has 0 atom stereocenters. The molecule has 7 heteroatoms. The van der Waals surface area contributed by atoms with Crippen LogP contribution in [0.25, 0.3) is 23.0 Å². The third-order valence-corrected chi connectivity index (χ3v) is 7.23. The minimum absolute atomic E-state index is 0.210. The normalized spacial score (nSPS) is 11.8. The van der Waals surface area contributed by atoms with Crippen LogP contribution < -0.4 is 4.90 Å². The molecule has 0 radical (unpaired) electrons. The molecule has 5 nitrogen and oxygen atoms in total. The highest BCUT2D eigenvalue weighted by Gasteiger charge is 2.28. The van der Waals surface area contributed by atoms with Gasteiger partial charge in [0.1, 0.15) is 29.0 Å². The molecule has 0 saturated carbocycles. The van der Waals surface area contributed by atoms with Gasteiger partial charge < -0.3 is 9.80 Å². The summed E-state index contributed by atoms with van der Waals surface area (Å²) in [7, 11) is 3.88. The van der Waals surface area contributed by atoms with Crippen molar-refractivity contribution < 1.29 is 8.78 Å². The molecule has 3 aromatic rings. The fraction of sp³-hybridized carbons (Fsp3) is 0.389. The van der Waals surface area contributed by atoms with Crippen molar-refractivity contribution in [1.29, 1.82) is 0 Å². The van der Waals surface area contributed by atoms with E-state index in [1.165, 1.54) is 55.6 Å². The van der Waals surface area contributed by atoms with Gasteiger partial charge in [-0.1, -0.05) is 72.4 Å². The fourth-order valence-electron chi connectivity index (χ4n) is 4.67. The van der Waals surface area contributed by atoms with Crippen molar-refractivity contribution in [3.05, 3.63) is 95.5 Å². The lowest BCUT2D eigenvalue weighted by molar-refractivity contribution is 0.299. The second kappa shape index (κ2) is 16.7. The van der Waals surface area contributed by atoms with Crippen LogP contribution in [0.3, 0.4) is 0 Å². The number of fused-ring (bicyclic) bond motifs is 1. The van der Waals surface area contributed by atoms with Gasteiger partial charge in [-0.15, -0.1) is 0 Å². The van der Waals surface area contributed by atoms with E-state index < -0.39 is 11.6 Å². The molecule has 0 aliphatic carbocycles. The molecule has 1 aromatic heterocycles. The molecule has 0 N–H and O–H groups in total. The van der Waals surface area contributed by atoms with Crippen molar-refractivity contribution in [2.75, 3.05) is 38.6 Å². The summed E-state index contributed by atoms with van der Waals surface area (Å²) in [6.07, 6.45) is 6.22. The van der Waals surface area contributed by atoms with Gasteiger partial charge in [-0.05, 0) is 81.4 Å². The van der Waals surface area contributed by atoms with Crippen LogP contribution in [0, 0.1) is 25.5 Å². The number of rotatable bonds is 9. The molecule has 4 rings (SSSR count). The molecule has 43 heavy (non-hydrogen) atoms. The van der Waals surface area contributed by atoms with Crippen LogP contribution in [-0.2, 0) is 0 Å². The van der Waals surface area contributed by atoms with Crippen LogP contribution in [0.5, 0.6) is 0 Å². The molecule has 232 valence electrons. The van der Waals surface area contributed by atoms with Gasteiger partial charge in [-0.2, -0.15) is 0 Å². The minimum atomic E-state index is -0.689. The van der Waals surface area contributed by atoms with Crippen LogP contribution >= 0.6 is 0 Å². The summed E-state index contributed by atoms with van der Waals surface area (Å²) in [5, 5.41) is 0. The van der Waals surface area contributed by atoms with Gasteiger partial charge in [0.05, 0.1) is 5.69 Å². The number of hydrogen-bond acceptors (Lipinski definition) is 5. The van der Waals surface area contributed by atoms with Crippen molar-refractivity contribution in [2.45, 2.75) is 61.3 Å². The van der Waals surface area contributed by atoms with Crippen LogP contribution in [0.2, 0.25) is 0 Å². The highest BCUT2D eigenvalue weighted by molar-refractivity contribution is 5.88. The smallest absolute Gasteiger partial charge is 0.150 e. The molecule has 2 aromatic carbocycles. The molecule has 2 heterocycles. The molecule has 0 bridgehead atoms. The average Bonchev–Trinajstić information content (AvgIpc) is 2.99. The summed E-state index contributed by atoms with van der Waals surface area (Å²) in [5.74, 6) is -0.503. The number of allylic oxidation sites excluding steroid dienone is 1. The highest BCUT2D eigenvalue weighted by atomic mass is 19.1. The fourth-order valence-corrected chi connectivity index (χ4v) is 4.67. The third-order valence-electron chi connectivity index (χ3n) is 7.23. The van der Waals surface area contributed by atoms with E-state index in [0.29, 0.717) is 28.6 Å². The summed E-state index contributed by atoms with van der Waals surface area (Å²) in [6.45, 7) is 26.3. The molecule has 0 unspecified atom stereocenters. The Morgan fingerprint density at radius 2 is 1.56 bits per heavy atom. The molecule has 1 aliphatic rings. The van der Waals surface area contributed by atoms with Crippen LogP contribution in [-0.4, -0.2) is 53.5 Å². The molecule has 0 fully saturated rings. The second-order valence-electron chi connectivity index (χ2n) is 10.3. The van der Waals surface area contributed by atoms with Gasteiger partial charge in [0, 0.05) is 36.6 Å². The first-order valence-electron chi connectivity index (χ1n) is 15.2. The zero-order valence-corrected chi connectivity index (χ0v) is 27.6. The van der Waals surface area contributed by atoms with E-state index in [2.05, 4.69) is 43.8 Å². The van der Waals surface area contributed by atoms with Crippen LogP contribution in [0.15, 0.2) is 61.3 Å². The van der Waals surface area contributed by atoms with E-state index in [1.54, 1.807) is 13.0 Å². The third kappa shape index (κ3) is 8.60. The summed E-state index contributed by atoms with van der Waals surface area (Å²) >= 11 is 0. The van der Waals surface area contributed by atoms with Gasteiger partial charge >= 0.3 is 0 Å². The van der Waals surface area contributed by atoms with Crippen LogP contribution in [0.1, 0.15) is 70.0 Å². The Labute approximate surface area is 258 Å². The summed E-state index contributed by atoms with van der Waals surface area (Å²) in [6, 6.07) is 9.84. The van der Waals surface area contributed by atoms with E-state index in [-0.39, 0.29) is 5.69 Å². The minimum Gasteiger partial charge on any atom is -0.378 e. The zero-order valence-electron chi connectivity index (χ0n) is 27.6. The molecular formula is C36H49F2N5. The van der Waals surface area contributed by atoms with E-state index in [0.717, 1.165) is 22.4 Å². The lowest BCUT2D eigenvalue weighted by atomic mass is 9.96. The van der Waals surface area contributed by atoms with E-state index in [1.807, 2.05) is 64.0 Å². The highest BCUT2D eigenvalue weighted by Crippen LogP contribution is 2.42. The van der Waals surface area contributed by atoms with Gasteiger partial charge in [-0.3, -0.25) is 4.90 Å². The molecular weight excluding hydrogens is 540 g/mol. The topological polar surface area (TPSA) is 35.5 Å². The quantitative estimate of drug-likeness (QED) is 0.248. The van der Waals surface area contributed by atoms with Gasteiger partial charge in [-0.25, -0.2) is 18.7 Å². The lowest BCUT2D eigenvalue weighted by Gasteiger charge is -2.30. The van der Waals surface area contributed by atoms with Crippen molar-refractivity contribution in [3.8, 4) is 11.3 Å². The largest absolute Gasteiger partial charge is 0.378 e. The molecule has 0 amide bonds. The number of hydrogen-bond donors (Lipinski definition) is 0. The van der Waals surface area contributed by atoms with E-state index in [9.17, 15) is 8.78 Å². The Bertz CT molecular complexity index is 1400. The Balaban J connectivity index is 0.000000505. The maximum Gasteiger partial charge on any atom is 0.150 e. The lowest BCUT2D eigenvalue weighted by Crippen LogP contribution is -2.23. The Hall–Kier alpha value is -3.84. The van der Waals surface area contributed by atoms with Gasteiger partial charge in [0.15, 0.2) is 0 Å². The van der Waals surface area contributed by atoms with Crippen LogP contribution in [0.4, 0.5) is 20.3 Å². The van der Waals surface area contributed by atoms with Crippen molar-refractivity contribution in [3.63, 3.8) is 0 Å². The SMILES string of the molecule is C=C(c1ccc(C)c(-c2nc(C)nc3c2C=CC(=C)N3c2c(F)cccc2F)c1)N(C)C.CC.CCCCN(CC)CC. The Morgan fingerprint density at radius 1 is 0.930 bits per heavy atom. The predicted molar refractivity (Wildman–Crippen MR) is 180 cm³/mol. The number of unbranched alkanes of at least 4 members (excludes halogenated alkanes) is 1. The monoisotopic (exact) mass is 589 g/mol. The van der Waals surface area contributed by atoms with Gasteiger partial charge in [0.25, 0.3) is 0 Å². The zero-order chi connectivity index (χ0) is 32.3. The first kappa shape index (κ1) is 35.4. The molecule has 0 saturated heterocycles. The maximum atomic E-state index is 14.7. The van der Waals surface area contributed by atoms with E-state index in [4.69, 9.17) is 4.98 Å². The number of aryl methyl sites for hydroxylation is 2. The number of anilines is 2. The number of halogens is 2.